The molecule has 0 aliphatic carbocycles. The van der Waals surface area contributed by atoms with E-state index in [1.807, 2.05) is 0 Å². The number of unbranched alkanes of at least 4 members (excludes halogenated alkanes) is 27. The lowest BCUT2D eigenvalue weighted by atomic mass is 10.0. The summed E-state index contributed by atoms with van der Waals surface area (Å²) in [6.45, 7) is 4.04. The molecule has 1 unspecified atom stereocenters. The second kappa shape index (κ2) is 49.0. The maximum Gasteiger partial charge on any atom is 0.306 e. The number of hydrogen-bond acceptors (Lipinski definition) is 5. The highest BCUT2D eigenvalue weighted by Crippen LogP contribution is 2.16. The lowest BCUT2D eigenvalue weighted by Crippen LogP contribution is -2.28. The van der Waals surface area contributed by atoms with Gasteiger partial charge in [-0.2, -0.15) is 0 Å². The van der Waals surface area contributed by atoms with E-state index in [1.54, 1.807) is 0 Å². The maximum atomic E-state index is 12.2. The molecule has 0 aromatic rings. The van der Waals surface area contributed by atoms with Crippen LogP contribution >= 0.6 is 0 Å². The molecule has 5 heteroatoms. The Labute approximate surface area is 360 Å². The summed E-state index contributed by atoms with van der Waals surface area (Å²) in [6, 6.07) is 0. The topological polar surface area (TPSA) is 72.8 Å². The third-order valence-electron chi connectivity index (χ3n) is 10.8. The van der Waals surface area contributed by atoms with Crippen molar-refractivity contribution in [2.45, 2.75) is 251 Å². The third kappa shape index (κ3) is 46.3. The predicted molar refractivity (Wildman–Crippen MR) is 251 cm³/mol. The standard InChI is InChI=1S/C53H94O5/c1-3-5-7-9-11-13-15-17-18-19-20-21-22-23-24-25-26-27-28-29-30-31-32-33-34-36-38-40-42-44-46-48-53(56)58-51(49-54)50-57-52(55)47-45-43-41-39-37-35-16-14-12-10-8-6-4-2/h5,7,11,13,17-18,20-21,23-24,51,54H,3-4,6,8-10,12,14-16,19,22,25-50H2,1-2H3/b7-5-,13-11-,18-17-,21-20-,24-23-. The molecule has 0 aliphatic heterocycles. The molecule has 0 aliphatic rings. The van der Waals surface area contributed by atoms with E-state index in [2.05, 4.69) is 74.6 Å². The van der Waals surface area contributed by atoms with Gasteiger partial charge in [0.25, 0.3) is 0 Å². The van der Waals surface area contributed by atoms with Gasteiger partial charge < -0.3 is 14.6 Å². The summed E-state index contributed by atoms with van der Waals surface area (Å²) in [7, 11) is 0. The van der Waals surface area contributed by atoms with Crippen molar-refractivity contribution in [2.75, 3.05) is 13.2 Å². The first-order chi connectivity index (χ1) is 28.6. The molecule has 0 aromatic carbocycles. The van der Waals surface area contributed by atoms with Crippen LogP contribution in [0.25, 0.3) is 0 Å². The van der Waals surface area contributed by atoms with Crippen LogP contribution in [0.15, 0.2) is 60.8 Å². The van der Waals surface area contributed by atoms with Crippen molar-refractivity contribution in [3.05, 3.63) is 60.8 Å². The summed E-state index contributed by atoms with van der Waals surface area (Å²) in [5.74, 6) is -0.583. The fraction of sp³-hybridized carbons (Fsp3) is 0.774. The molecule has 0 saturated heterocycles. The Bertz CT molecular complexity index is 1010. The Kier molecular flexibility index (Phi) is 46.9. The van der Waals surface area contributed by atoms with E-state index in [4.69, 9.17) is 9.47 Å². The molecule has 0 heterocycles. The SMILES string of the molecule is CC/C=C\C/C=C\C/C=C\C/C=C\C/C=C\CCCCCCCCCCCCCCCCCC(=O)OC(CO)COC(=O)CCCCCCCCCCCCCCC. The molecule has 0 saturated carbocycles. The molecule has 0 fully saturated rings. The fourth-order valence-corrected chi connectivity index (χ4v) is 7.11. The summed E-state index contributed by atoms with van der Waals surface area (Å²) in [5, 5.41) is 9.60. The van der Waals surface area contributed by atoms with Crippen molar-refractivity contribution in [3.8, 4) is 0 Å². The monoisotopic (exact) mass is 811 g/mol. The second-order valence-electron chi connectivity index (χ2n) is 16.5. The molecule has 1 atom stereocenters. The summed E-state index contributed by atoms with van der Waals surface area (Å²) < 4.78 is 10.7. The van der Waals surface area contributed by atoms with Gasteiger partial charge in [0.2, 0.25) is 0 Å². The molecule has 0 rings (SSSR count). The first-order valence-electron chi connectivity index (χ1n) is 24.8. The van der Waals surface area contributed by atoms with Crippen LogP contribution in [-0.2, 0) is 19.1 Å². The highest BCUT2D eigenvalue weighted by molar-refractivity contribution is 5.70. The average Bonchev–Trinajstić information content (AvgIpc) is 3.23. The van der Waals surface area contributed by atoms with Crippen molar-refractivity contribution >= 4 is 11.9 Å². The molecule has 0 amide bonds. The smallest absolute Gasteiger partial charge is 0.306 e. The van der Waals surface area contributed by atoms with E-state index >= 15 is 0 Å². The van der Waals surface area contributed by atoms with Crippen LogP contribution in [0.4, 0.5) is 0 Å². The molecule has 336 valence electrons. The lowest BCUT2D eigenvalue weighted by Gasteiger charge is -2.15. The summed E-state index contributed by atoms with van der Waals surface area (Å²) in [4.78, 5) is 24.4. The molecule has 1 N–H and O–H groups in total. The average molecular weight is 811 g/mol. The molecule has 58 heavy (non-hydrogen) atoms. The molecule has 0 bridgehead atoms. The van der Waals surface area contributed by atoms with Gasteiger partial charge in [0.1, 0.15) is 6.61 Å². The number of ether oxygens (including phenoxy) is 2. The Morgan fingerprint density at radius 3 is 1.12 bits per heavy atom. The molecule has 0 radical (unpaired) electrons. The molecule has 0 spiro atoms. The highest BCUT2D eigenvalue weighted by Gasteiger charge is 2.16. The van der Waals surface area contributed by atoms with Gasteiger partial charge >= 0.3 is 11.9 Å². The zero-order valence-corrected chi connectivity index (χ0v) is 38.3. The van der Waals surface area contributed by atoms with E-state index in [0.717, 1.165) is 70.6 Å². The van der Waals surface area contributed by atoms with Crippen LogP contribution in [0.2, 0.25) is 0 Å². The van der Waals surface area contributed by atoms with Gasteiger partial charge in [-0.25, -0.2) is 0 Å². The normalized spacial score (nSPS) is 12.7. The van der Waals surface area contributed by atoms with Gasteiger partial charge in [0, 0.05) is 12.8 Å². The van der Waals surface area contributed by atoms with Crippen molar-refractivity contribution < 1.29 is 24.2 Å². The first-order valence-corrected chi connectivity index (χ1v) is 24.8. The number of aliphatic hydroxyl groups excluding tert-OH is 1. The minimum atomic E-state index is -0.770. The molecular weight excluding hydrogens is 717 g/mol. The van der Waals surface area contributed by atoms with Crippen LogP contribution in [-0.4, -0.2) is 36.4 Å². The summed E-state index contributed by atoms with van der Waals surface area (Å²) in [5.41, 5.74) is 0. The van der Waals surface area contributed by atoms with Crippen LogP contribution in [0.1, 0.15) is 245 Å². The largest absolute Gasteiger partial charge is 0.462 e. The van der Waals surface area contributed by atoms with Crippen LogP contribution in [0, 0.1) is 0 Å². The number of esters is 2. The molecule has 0 aromatic heterocycles. The maximum absolute atomic E-state index is 12.2. The zero-order chi connectivity index (χ0) is 42.1. The zero-order valence-electron chi connectivity index (χ0n) is 38.3. The quantitative estimate of drug-likeness (QED) is 0.0377. The van der Waals surface area contributed by atoms with Crippen molar-refractivity contribution in [3.63, 3.8) is 0 Å². The van der Waals surface area contributed by atoms with E-state index in [0.29, 0.717) is 12.8 Å². The van der Waals surface area contributed by atoms with E-state index < -0.39 is 6.10 Å². The first kappa shape index (κ1) is 55.6. The Morgan fingerprint density at radius 1 is 0.414 bits per heavy atom. The fourth-order valence-electron chi connectivity index (χ4n) is 7.11. The minimum absolute atomic E-state index is 0.0630. The summed E-state index contributed by atoms with van der Waals surface area (Å²) in [6.07, 6.45) is 64.6. The predicted octanol–water partition coefficient (Wildman–Crippen LogP) is 16.3. The number of allylic oxidation sites excluding steroid dienone is 10. The van der Waals surface area contributed by atoms with Gasteiger partial charge in [0.05, 0.1) is 6.61 Å². The van der Waals surface area contributed by atoms with E-state index in [9.17, 15) is 14.7 Å². The Balaban J connectivity index is 3.47. The summed E-state index contributed by atoms with van der Waals surface area (Å²) >= 11 is 0. The van der Waals surface area contributed by atoms with Gasteiger partial charge in [0.15, 0.2) is 6.10 Å². The number of carbonyl (C=O) groups is 2. The van der Waals surface area contributed by atoms with Gasteiger partial charge in [-0.15, -0.1) is 0 Å². The number of rotatable bonds is 45. The lowest BCUT2D eigenvalue weighted by molar-refractivity contribution is -0.161. The number of hydrogen-bond donors (Lipinski definition) is 1. The van der Waals surface area contributed by atoms with E-state index in [-0.39, 0.29) is 25.2 Å². The molecular formula is C53H94O5. The Hall–Kier alpha value is -2.40. The van der Waals surface area contributed by atoms with Crippen molar-refractivity contribution in [1.29, 1.82) is 0 Å². The second-order valence-corrected chi connectivity index (χ2v) is 16.5. The van der Waals surface area contributed by atoms with Crippen molar-refractivity contribution in [2.24, 2.45) is 0 Å². The van der Waals surface area contributed by atoms with Crippen molar-refractivity contribution in [1.82, 2.24) is 0 Å². The van der Waals surface area contributed by atoms with Crippen LogP contribution in [0.3, 0.4) is 0 Å². The van der Waals surface area contributed by atoms with Gasteiger partial charge in [-0.3, -0.25) is 9.59 Å². The number of carbonyl (C=O) groups excluding carboxylic acids is 2. The molecule has 5 nitrogen and oxygen atoms in total. The third-order valence-corrected chi connectivity index (χ3v) is 10.8. The highest BCUT2D eigenvalue weighted by atomic mass is 16.6. The minimum Gasteiger partial charge on any atom is -0.462 e. The Morgan fingerprint density at radius 2 is 0.741 bits per heavy atom. The van der Waals surface area contributed by atoms with Crippen LogP contribution in [0.5, 0.6) is 0 Å². The van der Waals surface area contributed by atoms with Gasteiger partial charge in [-0.1, -0.05) is 235 Å². The van der Waals surface area contributed by atoms with Gasteiger partial charge in [-0.05, 0) is 57.8 Å². The van der Waals surface area contributed by atoms with E-state index in [1.165, 1.54) is 148 Å². The van der Waals surface area contributed by atoms with Crippen LogP contribution < -0.4 is 0 Å². The number of aliphatic hydroxyl groups is 1.